The summed E-state index contributed by atoms with van der Waals surface area (Å²) >= 11 is 2.41. The standard InChI is InChI=1S/C13H10F3N3O3S2/c1-7(24-12-17-4-5-23-12)11(20)18-10-3-2-8(19(21)22)6-9(10)13(14,15)16/h2-7H,1H3,(H,18,20). The van der Waals surface area contributed by atoms with Crippen molar-refractivity contribution >= 4 is 40.4 Å². The molecule has 1 N–H and O–H groups in total. The van der Waals surface area contributed by atoms with E-state index in [2.05, 4.69) is 10.3 Å². The van der Waals surface area contributed by atoms with Gasteiger partial charge in [0.2, 0.25) is 5.91 Å². The molecule has 6 nitrogen and oxygen atoms in total. The summed E-state index contributed by atoms with van der Waals surface area (Å²) in [5.74, 6) is -0.658. The van der Waals surface area contributed by atoms with Gasteiger partial charge < -0.3 is 5.32 Å². The Kier molecular flexibility index (Phi) is 5.44. The molecule has 0 spiro atoms. The van der Waals surface area contributed by atoms with E-state index in [0.717, 1.165) is 23.9 Å². The second-order valence-corrected chi connectivity index (χ2v) is 7.01. The largest absolute Gasteiger partial charge is 0.418 e. The Balaban J connectivity index is 2.21. The maximum atomic E-state index is 13.1. The second kappa shape index (κ2) is 7.18. The summed E-state index contributed by atoms with van der Waals surface area (Å²) in [4.78, 5) is 25.8. The average molecular weight is 377 g/mol. The first-order valence-corrected chi connectivity index (χ1v) is 8.17. The highest BCUT2D eigenvalue weighted by molar-refractivity contribution is 8.02. The van der Waals surface area contributed by atoms with Crippen molar-refractivity contribution in [2.75, 3.05) is 5.32 Å². The van der Waals surface area contributed by atoms with Crippen LogP contribution in [-0.4, -0.2) is 21.1 Å². The summed E-state index contributed by atoms with van der Waals surface area (Å²) in [6.07, 6.45) is -3.28. The first-order valence-electron chi connectivity index (χ1n) is 6.41. The van der Waals surface area contributed by atoms with Crippen LogP contribution in [0.1, 0.15) is 12.5 Å². The molecule has 1 unspecified atom stereocenters. The summed E-state index contributed by atoms with van der Waals surface area (Å²) in [6.45, 7) is 1.53. The van der Waals surface area contributed by atoms with Crippen molar-refractivity contribution in [3.8, 4) is 0 Å². The third-order valence-corrected chi connectivity index (χ3v) is 4.85. The molecule has 0 aliphatic carbocycles. The minimum Gasteiger partial charge on any atom is -0.325 e. The molecule has 0 fully saturated rings. The Labute approximate surface area is 142 Å². The van der Waals surface area contributed by atoms with E-state index in [0.29, 0.717) is 10.4 Å². The summed E-state index contributed by atoms with van der Waals surface area (Å²) in [7, 11) is 0. The number of amides is 1. The minimum atomic E-state index is -4.83. The highest BCUT2D eigenvalue weighted by atomic mass is 32.2. The fourth-order valence-electron chi connectivity index (χ4n) is 1.70. The molecule has 1 aromatic heterocycles. The lowest BCUT2D eigenvalue weighted by molar-refractivity contribution is -0.385. The molecule has 0 aliphatic heterocycles. The number of nitro benzene ring substituents is 1. The summed E-state index contributed by atoms with van der Waals surface area (Å²) in [5, 5.41) is 13.8. The number of non-ortho nitro benzene ring substituents is 1. The van der Waals surface area contributed by atoms with E-state index in [1.54, 1.807) is 11.6 Å². The number of alkyl halides is 3. The number of hydrogen-bond donors (Lipinski definition) is 1. The van der Waals surface area contributed by atoms with E-state index in [1.807, 2.05) is 0 Å². The van der Waals surface area contributed by atoms with Gasteiger partial charge in [0.15, 0.2) is 4.34 Å². The molecular formula is C13H10F3N3O3S2. The Hall–Kier alpha value is -2.14. The van der Waals surface area contributed by atoms with Crippen LogP contribution in [-0.2, 0) is 11.0 Å². The molecule has 0 bridgehead atoms. The van der Waals surface area contributed by atoms with Crippen LogP contribution in [0.5, 0.6) is 0 Å². The molecule has 128 valence electrons. The molecule has 11 heteroatoms. The zero-order valence-corrected chi connectivity index (χ0v) is 13.7. The zero-order valence-electron chi connectivity index (χ0n) is 12.0. The molecule has 0 radical (unpaired) electrons. The normalized spacial score (nSPS) is 12.7. The van der Waals surface area contributed by atoms with Gasteiger partial charge in [0.05, 0.1) is 21.4 Å². The van der Waals surface area contributed by atoms with Gasteiger partial charge in [-0.2, -0.15) is 13.2 Å². The van der Waals surface area contributed by atoms with E-state index >= 15 is 0 Å². The number of benzene rings is 1. The molecule has 0 saturated heterocycles. The lowest BCUT2D eigenvalue weighted by Crippen LogP contribution is -2.24. The van der Waals surface area contributed by atoms with Crippen LogP contribution in [0, 0.1) is 10.1 Å². The minimum absolute atomic E-state index is 0.397. The van der Waals surface area contributed by atoms with Crippen molar-refractivity contribution in [1.82, 2.24) is 4.98 Å². The summed E-state index contributed by atoms with van der Waals surface area (Å²) in [5.41, 5.74) is -2.49. The van der Waals surface area contributed by atoms with Crippen molar-refractivity contribution in [3.63, 3.8) is 0 Å². The van der Waals surface area contributed by atoms with Crippen molar-refractivity contribution < 1.29 is 22.9 Å². The first kappa shape index (κ1) is 18.2. The van der Waals surface area contributed by atoms with Gasteiger partial charge in [0, 0.05) is 23.7 Å². The summed E-state index contributed by atoms with van der Waals surface area (Å²) < 4.78 is 39.8. The number of thiazole rings is 1. The van der Waals surface area contributed by atoms with Crippen LogP contribution in [0.25, 0.3) is 0 Å². The Morgan fingerprint density at radius 1 is 1.46 bits per heavy atom. The quantitative estimate of drug-likeness (QED) is 0.480. The number of carbonyl (C=O) groups is 1. The first-order chi connectivity index (χ1) is 11.2. The maximum absolute atomic E-state index is 13.1. The Morgan fingerprint density at radius 3 is 2.71 bits per heavy atom. The van der Waals surface area contributed by atoms with E-state index in [1.165, 1.54) is 18.3 Å². The van der Waals surface area contributed by atoms with Crippen molar-refractivity contribution in [1.29, 1.82) is 0 Å². The Bertz CT molecular complexity index is 751. The summed E-state index contributed by atoms with van der Waals surface area (Å²) in [6, 6.07) is 2.18. The van der Waals surface area contributed by atoms with Crippen molar-refractivity contribution in [2.24, 2.45) is 0 Å². The number of thioether (sulfide) groups is 1. The molecule has 2 rings (SSSR count). The van der Waals surface area contributed by atoms with E-state index < -0.39 is 39.2 Å². The fraction of sp³-hybridized carbons (Fsp3) is 0.231. The molecule has 0 saturated carbocycles. The van der Waals surface area contributed by atoms with E-state index in [4.69, 9.17) is 0 Å². The highest BCUT2D eigenvalue weighted by Gasteiger charge is 2.36. The smallest absolute Gasteiger partial charge is 0.325 e. The third-order valence-electron chi connectivity index (χ3n) is 2.83. The van der Waals surface area contributed by atoms with Gasteiger partial charge in [-0.25, -0.2) is 4.98 Å². The topological polar surface area (TPSA) is 85.1 Å². The van der Waals surface area contributed by atoms with E-state index in [-0.39, 0.29) is 0 Å². The number of carbonyl (C=O) groups excluding carboxylic acids is 1. The van der Waals surface area contributed by atoms with Gasteiger partial charge >= 0.3 is 6.18 Å². The Morgan fingerprint density at radius 2 is 2.17 bits per heavy atom. The molecule has 2 aromatic rings. The molecule has 1 heterocycles. The van der Waals surface area contributed by atoms with E-state index in [9.17, 15) is 28.1 Å². The number of aromatic nitrogens is 1. The maximum Gasteiger partial charge on any atom is 0.418 e. The van der Waals surface area contributed by atoms with Crippen LogP contribution in [0.15, 0.2) is 34.1 Å². The van der Waals surface area contributed by atoms with Gasteiger partial charge in [-0.1, -0.05) is 11.8 Å². The van der Waals surface area contributed by atoms with Gasteiger partial charge in [0.25, 0.3) is 5.69 Å². The third kappa shape index (κ3) is 4.45. The lowest BCUT2D eigenvalue weighted by Gasteiger charge is -2.15. The van der Waals surface area contributed by atoms with Gasteiger partial charge in [-0.3, -0.25) is 14.9 Å². The van der Waals surface area contributed by atoms with Gasteiger partial charge in [-0.05, 0) is 13.0 Å². The number of rotatable bonds is 5. The average Bonchev–Trinajstić information content (AvgIpc) is 2.99. The number of hydrogen-bond acceptors (Lipinski definition) is 6. The molecule has 1 aromatic carbocycles. The van der Waals surface area contributed by atoms with Crippen LogP contribution >= 0.6 is 23.1 Å². The van der Waals surface area contributed by atoms with Crippen molar-refractivity contribution in [3.05, 3.63) is 45.5 Å². The van der Waals surface area contributed by atoms with Gasteiger partial charge in [-0.15, -0.1) is 11.3 Å². The molecule has 1 atom stereocenters. The number of nitro groups is 1. The van der Waals surface area contributed by atoms with Crippen LogP contribution in [0.3, 0.4) is 0 Å². The fourth-order valence-corrected chi connectivity index (χ4v) is 3.47. The second-order valence-electron chi connectivity index (χ2n) is 4.53. The van der Waals surface area contributed by atoms with Crippen LogP contribution < -0.4 is 5.32 Å². The number of nitrogens with zero attached hydrogens (tertiary/aromatic N) is 2. The predicted molar refractivity (Wildman–Crippen MR) is 84.2 cm³/mol. The number of anilines is 1. The monoisotopic (exact) mass is 377 g/mol. The number of nitrogens with one attached hydrogen (secondary N) is 1. The van der Waals surface area contributed by atoms with Gasteiger partial charge in [0.1, 0.15) is 0 Å². The lowest BCUT2D eigenvalue weighted by atomic mass is 10.1. The molecule has 1 amide bonds. The molecule has 24 heavy (non-hydrogen) atoms. The zero-order chi connectivity index (χ0) is 17.9. The van der Waals surface area contributed by atoms with Crippen LogP contribution in [0.4, 0.5) is 24.5 Å². The predicted octanol–water partition coefficient (Wildman–Crippen LogP) is 4.19. The molecular weight excluding hydrogens is 367 g/mol. The molecule has 0 aliphatic rings. The van der Waals surface area contributed by atoms with Crippen LogP contribution in [0.2, 0.25) is 0 Å². The van der Waals surface area contributed by atoms with Crippen molar-refractivity contribution in [2.45, 2.75) is 22.7 Å². The highest BCUT2D eigenvalue weighted by Crippen LogP contribution is 2.37. The SMILES string of the molecule is CC(Sc1nccs1)C(=O)Nc1ccc([N+](=O)[O-])cc1C(F)(F)F. The number of halogens is 3.